The number of hydrogen-bond acceptors (Lipinski definition) is 7. The normalized spacial score (nSPS) is 18.1. The standard InChI is InChI=1S/C24H34BF3N4O5/c1-3-17-6-4-7-18(10-17)11-21(25(35)36)31-22(33)20(30-15-24(26,27)28)14-37-13-19-8-5-9-32(19)23(34)16(2)12-29/h4,6-7,10,16,19-21,30,35-36H,3,5,8-9,11,13-15H2,1-2H3,(H,31,33)/t16?,19-,20+,21+/m1/s1. The first-order valence-corrected chi connectivity index (χ1v) is 12.3. The van der Waals surface area contributed by atoms with Gasteiger partial charge in [0.05, 0.1) is 37.8 Å². The number of alkyl halides is 3. The largest absolute Gasteiger partial charge is 0.475 e. The fourth-order valence-corrected chi connectivity index (χ4v) is 4.14. The predicted molar refractivity (Wildman–Crippen MR) is 130 cm³/mol. The second-order valence-electron chi connectivity index (χ2n) is 9.17. The average Bonchev–Trinajstić information content (AvgIpc) is 3.32. The Balaban J connectivity index is 2.04. The van der Waals surface area contributed by atoms with E-state index in [1.807, 2.05) is 25.1 Å². The van der Waals surface area contributed by atoms with Gasteiger partial charge in [0, 0.05) is 6.54 Å². The maximum Gasteiger partial charge on any atom is 0.475 e. The Morgan fingerprint density at radius 1 is 1.32 bits per heavy atom. The van der Waals surface area contributed by atoms with E-state index in [1.165, 1.54) is 11.8 Å². The molecule has 0 aromatic heterocycles. The van der Waals surface area contributed by atoms with Crippen molar-refractivity contribution in [3.63, 3.8) is 0 Å². The SMILES string of the molecule is CCc1cccc(C[C@H](NC(=O)[C@H](COC[C@H]2CCCN2C(=O)C(C)C#N)NCC(F)(F)F)B(O)O)c1. The van der Waals surface area contributed by atoms with Crippen LogP contribution in [0.3, 0.4) is 0 Å². The van der Waals surface area contributed by atoms with Crippen LogP contribution in [-0.4, -0.2) is 84.4 Å². The number of ether oxygens (including phenoxy) is 1. The highest BCUT2D eigenvalue weighted by atomic mass is 19.4. The molecule has 0 saturated carbocycles. The lowest BCUT2D eigenvalue weighted by Gasteiger charge is -2.27. The van der Waals surface area contributed by atoms with Crippen LogP contribution in [-0.2, 0) is 27.2 Å². The minimum Gasteiger partial charge on any atom is -0.426 e. The number of amides is 2. The summed E-state index contributed by atoms with van der Waals surface area (Å²) in [6.45, 7) is 1.99. The van der Waals surface area contributed by atoms with E-state index in [2.05, 4.69) is 10.6 Å². The fraction of sp³-hybridized carbons (Fsp3) is 0.625. The van der Waals surface area contributed by atoms with Gasteiger partial charge in [-0.1, -0.05) is 31.2 Å². The Bertz CT molecular complexity index is 944. The van der Waals surface area contributed by atoms with Crippen LogP contribution in [0.15, 0.2) is 24.3 Å². The molecule has 0 spiro atoms. The lowest BCUT2D eigenvalue weighted by molar-refractivity contribution is -0.138. The van der Waals surface area contributed by atoms with Gasteiger partial charge in [-0.05, 0) is 43.7 Å². The molecule has 4 N–H and O–H groups in total. The van der Waals surface area contributed by atoms with Gasteiger partial charge in [-0.3, -0.25) is 14.9 Å². The van der Waals surface area contributed by atoms with Crippen molar-refractivity contribution in [2.75, 3.05) is 26.3 Å². The number of hydrogen-bond donors (Lipinski definition) is 4. The number of carbonyl (C=O) groups is 2. The van der Waals surface area contributed by atoms with E-state index in [0.29, 0.717) is 19.4 Å². The fourth-order valence-electron chi connectivity index (χ4n) is 4.14. The summed E-state index contributed by atoms with van der Waals surface area (Å²) in [4.78, 5) is 26.8. The van der Waals surface area contributed by atoms with Crippen LogP contribution >= 0.6 is 0 Å². The Morgan fingerprint density at radius 2 is 2.03 bits per heavy atom. The van der Waals surface area contributed by atoms with E-state index in [0.717, 1.165) is 17.5 Å². The molecule has 1 aromatic rings. The Morgan fingerprint density at radius 3 is 2.65 bits per heavy atom. The van der Waals surface area contributed by atoms with Gasteiger partial charge in [0.15, 0.2) is 0 Å². The van der Waals surface area contributed by atoms with E-state index in [-0.39, 0.29) is 25.0 Å². The number of aryl methyl sites for hydroxylation is 1. The van der Waals surface area contributed by atoms with E-state index in [9.17, 15) is 32.8 Å². The number of nitriles is 1. The summed E-state index contributed by atoms with van der Waals surface area (Å²) in [7, 11) is -1.95. The maximum atomic E-state index is 12.9. The molecule has 0 radical (unpaired) electrons. The summed E-state index contributed by atoms with van der Waals surface area (Å²) in [5.74, 6) is -3.21. The molecule has 1 fully saturated rings. The molecule has 2 amide bonds. The van der Waals surface area contributed by atoms with Gasteiger partial charge in [-0.2, -0.15) is 18.4 Å². The third kappa shape index (κ3) is 9.96. The van der Waals surface area contributed by atoms with Gasteiger partial charge in [0.25, 0.3) is 0 Å². The molecule has 13 heteroatoms. The van der Waals surface area contributed by atoms with Crippen molar-refractivity contribution in [3.8, 4) is 6.07 Å². The van der Waals surface area contributed by atoms with E-state index >= 15 is 0 Å². The summed E-state index contributed by atoms with van der Waals surface area (Å²) in [6, 6.07) is 7.41. The monoisotopic (exact) mass is 526 g/mol. The third-order valence-corrected chi connectivity index (χ3v) is 6.23. The van der Waals surface area contributed by atoms with Crippen molar-refractivity contribution in [2.45, 2.75) is 63.7 Å². The van der Waals surface area contributed by atoms with Gasteiger partial charge in [-0.15, -0.1) is 0 Å². The minimum atomic E-state index is -4.59. The van der Waals surface area contributed by atoms with Crippen molar-refractivity contribution >= 4 is 18.9 Å². The van der Waals surface area contributed by atoms with Crippen LogP contribution in [0.25, 0.3) is 0 Å². The molecular formula is C24H34BF3N4O5. The van der Waals surface area contributed by atoms with Gasteiger partial charge < -0.3 is 25.0 Å². The first kappa shape index (κ1) is 30.6. The van der Waals surface area contributed by atoms with Gasteiger partial charge in [0.1, 0.15) is 12.0 Å². The van der Waals surface area contributed by atoms with Crippen LogP contribution in [0.5, 0.6) is 0 Å². The molecule has 0 aliphatic carbocycles. The number of nitrogens with zero attached hydrogens (tertiary/aromatic N) is 2. The van der Waals surface area contributed by atoms with Crippen molar-refractivity contribution < 1.29 is 37.5 Å². The minimum absolute atomic E-state index is 0.0166. The summed E-state index contributed by atoms with van der Waals surface area (Å²) in [5.41, 5.74) is 1.74. The lowest BCUT2D eigenvalue weighted by Crippen LogP contribution is -2.56. The molecule has 1 aliphatic heterocycles. The summed E-state index contributed by atoms with van der Waals surface area (Å²) in [6.07, 6.45) is -2.47. The van der Waals surface area contributed by atoms with E-state index in [1.54, 1.807) is 12.1 Å². The topological polar surface area (TPSA) is 135 Å². The van der Waals surface area contributed by atoms with Crippen LogP contribution in [0.4, 0.5) is 13.2 Å². The molecule has 204 valence electrons. The average molecular weight is 526 g/mol. The second-order valence-corrected chi connectivity index (χ2v) is 9.17. The number of carbonyl (C=O) groups excluding carboxylic acids is 2. The zero-order chi connectivity index (χ0) is 27.6. The van der Waals surface area contributed by atoms with Crippen molar-refractivity contribution in [2.24, 2.45) is 5.92 Å². The molecule has 1 aromatic carbocycles. The van der Waals surface area contributed by atoms with Crippen LogP contribution in [0.2, 0.25) is 0 Å². The number of likely N-dealkylation sites (tertiary alicyclic amines) is 1. The zero-order valence-electron chi connectivity index (χ0n) is 21.0. The summed E-state index contributed by atoms with van der Waals surface area (Å²) >= 11 is 0. The van der Waals surface area contributed by atoms with Crippen LogP contribution in [0, 0.1) is 17.2 Å². The van der Waals surface area contributed by atoms with Crippen molar-refractivity contribution in [1.29, 1.82) is 5.26 Å². The zero-order valence-corrected chi connectivity index (χ0v) is 21.0. The number of rotatable bonds is 13. The first-order valence-electron chi connectivity index (χ1n) is 12.3. The van der Waals surface area contributed by atoms with Gasteiger partial charge >= 0.3 is 13.3 Å². The molecule has 1 aliphatic rings. The summed E-state index contributed by atoms with van der Waals surface area (Å²) < 4.78 is 44.1. The second kappa shape index (κ2) is 14.3. The number of benzene rings is 1. The molecule has 1 saturated heterocycles. The molecule has 1 unspecified atom stereocenters. The quantitative estimate of drug-likeness (QED) is 0.282. The number of nitrogens with one attached hydrogen (secondary N) is 2. The molecule has 37 heavy (non-hydrogen) atoms. The van der Waals surface area contributed by atoms with Gasteiger partial charge in [0.2, 0.25) is 11.8 Å². The number of halogens is 3. The van der Waals surface area contributed by atoms with Gasteiger partial charge in [-0.25, -0.2) is 0 Å². The van der Waals surface area contributed by atoms with Crippen molar-refractivity contribution in [1.82, 2.24) is 15.5 Å². The molecular weight excluding hydrogens is 492 g/mol. The van der Waals surface area contributed by atoms with E-state index in [4.69, 9.17) is 10.00 Å². The Hall–Kier alpha value is -2.66. The summed E-state index contributed by atoms with van der Waals surface area (Å²) in [5, 5.41) is 33.2. The molecule has 4 atom stereocenters. The third-order valence-electron chi connectivity index (χ3n) is 6.23. The smallest absolute Gasteiger partial charge is 0.426 e. The lowest BCUT2D eigenvalue weighted by atomic mass is 9.75. The first-order chi connectivity index (χ1) is 17.4. The highest BCUT2D eigenvalue weighted by Crippen LogP contribution is 2.20. The molecule has 0 bridgehead atoms. The van der Waals surface area contributed by atoms with Crippen LogP contribution < -0.4 is 10.6 Å². The van der Waals surface area contributed by atoms with Crippen molar-refractivity contribution in [3.05, 3.63) is 35.4 Å². The maximum absolute atomic E-state index is 12.9. The highest BCUT2D eigenvalue weighted by Gasteiger charge is 2.34. The molecule has 2 rings (SSSR count). The predicted octanol–water partition coefficient (Wildman–Crippen LogP) is 0.976. The van der Waals surface area contributed by atoms with Crippen LogP contribution in [0.1, 0.15) is 37.8 Å². The molecule has 9 nitrogen and oxygen atoms in total. The Labute approximate surface area is 215 Å². The Kier molecular flexibility index (Phi) is 11.8. The van der Waals surface area contributed by atoms with E-state index < -0.39 is 50.3 Å². The highest BCUT2D eigenvalue weighted by molar-refractivity contribution is 6.43. The molecule has 1 heterocycles.